The molecular formula is C20H25NO7. The van der Waals surface area contributed by atoms with Gasteiger partial charge in [0.1, 0.15) is 30.8 Å². The van der Waals surface area contributed by atoms with Crippen molar-refractivity contribution in [1.82, 2.24) is 4.90 Å². The number of rotatable bonds is 9. The highest BCUT2D eigenvalue weighted by Crippen LogP contribution is 2.09. The van der Waals surface area contributed by atoms with Gasteiger partial charge in [0.05, 0.1) is 0 Å². The lowest BCUT2D eigenvalue weighted by Gasteiger charge is -2.20. The summed E-state index contributed by atoms with van der Waals surface area (Å²) in [6.07, 6.45) is -0.526. The largest absolute Gasteiger partial charge is 0.492 e. The van der Waals surface area contributed by atoms with E-state index in [1.54, 1.807) is 0 Å². The molecule has 0 saturated carbocycles. The molecule has 0 saturated heterocycles. The summed E-state index contributed by atoms with van der Waals surface area (Å²) >= 11 is 0. The summed E-state index contributed by atoms with van der Waals surface area (Å²) in [7, 11) is 1.96. The average Bonchev–Trinajstić information content (AvgIpc) is 2.68. The van der Waals surface area contributed by atoms with E-state index in [1.807, 2.05) is 72.6 Å². The highest BCUT2D eigenvalue weighted by molar-refractivity contribution is 6.27. The predicted molar refractivity (Wildman–Crippen MR) is 103 cm³/mol. The monoisotopic (exact) mass is 391 g/mol. The first-order valence-corrected chi connectivity index (χ1v) is 8.57. The number of hydrogen-bond donors (Lipinski definition) is 3. The summed E-state index contributed by atoms with van der Waals surface area (Å²) in [5, 5.41) is 24.8. The first kappa shape index (κ1) is 22.9. The number of likely N-dealkylation sites (N-methyl/N-ethyl adjacent to an activating group) is 1. The molecule has 0 amide bonds. The van der Waals surface area contributed by atoms with Crippen molar-refractivity contribution < 1.29 is 34.4 Å². The minimum atomic E-state index is -1.82. The standard InChI is InChI=1S/C18H23NO3.C2H2O4/c1-19(12-13-21-17-8-4-2-5-9-17)14-16(20)15-22-18-10-6-3-7-11-18;3-1(4)2(5)6/h2-11,16,20H,12-15H2,1H3;(H,3,4)(H,5,6). The van der Waals surface area contributed by atoms with Crippen molar-refractivity contribution in [2.45, 2.75) is 6.10 Å². The first-order chi connectivity index (χ1) is 13.4. The van der Waals surface area contributed by atoms with Crippen LogP contribution in [0.2, 0.25) is 0 Å². The maximum Gasteiger partial charge on any atom is 0.414 e. The topological polar surface area (TPSA) is 117 Å². The van der Waals surface area contributed by atoms with E-state index in [0.29, 0.717) is 13.2 Å². The first-order valence-electron chi connectivity index (χ1n) is 8.57. The molecule has 0 radical (unpaired) electrons. The number of hydrogen-bond acceptors (Lipinski definition) is 6. The van der Waals surface area contributed by atoms with Gasteiger partial charge >= 0.3 is 11.9 Å². The van der Waals surface area contributed by atoms with Crippen LogP contribution >= 0.6 is 0 Å². The molecule has 0 fully saturated rings. The number of para-hydroxylation sites is 2. The van der Waals surface area contributed by atoms with E-state index in [9.17, 15) is 5.11 Å². The number of carbonyl (C=O) groups is 2. The van der Waals surface area contributed by atoms with E-state index >= 15 is 0 Å². The molecule has 0 aliphatic heterocycles. The molecule has 28 heavy (non-hydrogen) atoms. The third kappa shape index (κ3) is 10.8. The lowest BCUT2D eigenvalue weighted by Crippen LogP contribution is -2.35. The molecule has 0 aliphatic rings. The van der Waals surface area contributed by atoms with Gasteiger partial charge in [0, 0.05) is 13.1 Å². The van der Waals surface area contributed by atoms with Crippen LogP contribution in [-0.4, -0.2) is 71.6 Å². The number of aliphatic hydroxyl groups is 1. The Morgan fingerprint density at radius 1 is 0.893 bits per heavy atom. The number of aliphatic hydroxyl groups excluding tert-OH is 1. The van der Waals surface area contributed by atoms with Gasteiger partial charge in [-0.2, -0.15) is 0 Å². The van der Waals surface area contributed by atoms with E-state index in [0.717, 1.165) is 18.0 Å². The summed E-state index contributed by atoms with van der Waals surface area (Å²) in [6.45, 7) is 2.17. The maximum atomic E-state index is 9.99. The highest BCUT2D eigenvalue weighted by Gasteiger charge is 2.09. The normalized spacial score (nSPS) is 11.1. The van der Waals surface area contributed by atoms with Crippen LogP contribution in [-0.2, 0) is 9.59 Å². The van der Waals surface area contributed by atoms with Crippen molar-refractivity contribution in [2.75, 3.05) is 33.4 Å². The van der Waals surface area contributed by atoms with Crippen LogP contribution in [0, 0.1) is 0 Å². The molecule has 2 rings (SSSR count). The molecule has 0 aromatic heterocycles. The minimum absolute atomic E-state index is 0.286. The summed E-state index contributed by atoms with van der Waals surface area (Å²) in [6, 6.07) is 19.2. The van der Waals surface area contributed by atoms with Gasteiger partial charge in [-0.3, -0.25) is 0 Å². The van der Waals surface area contributed by atoms with Crippen LogP contribution in [0.15, 0.2) is 60.7 Å². The second-order valence-electron chi connectivity index (χ2n) is 5.81. The van der Waals surface area contributed by atoms with Crippen molar-refractivity contribution in [3.05, 3.63) is 60.7 Å². The van der Waals surface area contributed by atoms with Crippen molar-refractivity contribution >= 4 is 11.9 Å². The second-order valence-corrected chi connectivity index (χ2v) is 5.81. The SMILES string of the molecule is CN(CCOc1ccccc1)CC(O)COc1ccccc1.O=C(O)C(=O)O. The van der Waals surface area contributed by atoms with Crippen LogP contribution in [0.25, 0.3) is 0 Å². The molecule has 8 heteroatoms. The molecule has 1 atom stereocenters. The zero-order chi connectivity index (χ0) is 20.8. The summed E-state index contributed by atoms with van der Waals surface area (Å²) in [4.78, 5) is 20.2. The molecule has 1 unspecified atom stereocenters. The van der Waals surface area contributed by atoms with Crippen LogP contribution < -0.4 is 9.47 Å². The third-order valence-electron chi connectivity index (χ3n) is 3.38. The fraction of sp³-hybridized carbons (Fsp3) is 0.300. The lowest BCUT2D eigenvalue weighted by molar-refractivity contribution is -0.159. The average molecular weight is 391 g/mol. The van der Waals surface area contributed by atoms with Crippen LogP contribution in [0.1, 0.15) is 0 Å². The smallest absolute Gasteiger partial charge is 0.414 e. The van der Waals surface area contributed by atoms with E-state index in [2.05, 4.69) is 0 Å². The van der Waals surface area contributed by atoms with Gasteiger partial charge in [-0.05, 0) is 31.3 Å². The number of ether oxygens (including phenoxy) is 2. The maximum absolute atomic E-state index is 9.99. The molecule has 2 aromatic carbocycles. The third-order valence-corrected chi connectivity index (χ3v) is 3.38. The molecule has 0 spiro atoms. The van der Waals surface area contributed by atoms with Gasteiger partial charge in [0.25, 0.3) is 0 Å². The Bertz CT molecular complexity index is 682. The quantitative estimate of drug-likeness (QED) is 0.552. The van der Waals surface area contributed by atoms with Crippen molar-refractivity contribution in [1.29, 1.82) is 0 Å². The number of aliphatic carboxylic acids is 2. The van der Waals surface area contributed by atoms with Crippen LogP contribution in [0.4, 0.5) is 0 Å². The number of benzene rings is 2. The predicted octanol–water partition coefficient (Wildman–Crippen LogP) is 1.59. The molecule has 0 heterocycles. The summed E-state index contributed by atoms with van der Waals surface area (Å²) in [5.41, 5.74) is 0. The lowest BCUT2D eigenvalue weighted by atomic mass is 10.3. The van der Waals surface area contributed by atoms with Gasteiger partial charge in [-0.15, -0.1) is 0 Å². The van der Waals surface area contributed by atoms with E-state index < -0.39 is 18.0 Å². The number of nitrogens with zero attached hydrogens (tertiary/aromatic N) is 1. The van der Waals surface area contributed by atoms with Gasteiger partial charge in [-0.1, -0.05) is 36.4 Å². The highest BCUT2D eigenvalue weighted by atomic mass is 16.5. The molecular weight excluding hydrogens is 366 g/mol. The fourth-order valence-electron chi connectivity index (χ4n) is 2.05. The zero-order valence-corrected chi connectivity index (χ0v) is 15.6. The molecule has 0 aliphatic carbocycles. The molecule has 8 nitrogen and oxygen atoms in total. The Kier molecular flexibility index (Phi) is 10.8. The van der Waals surface area contributed by atoms with Crippen molar-refractivity contribution in [3.63, 3.8) is 0 Å². The Morgan fingerprint density at radius 3 is 1.82 bits per heavy atom. The van der Waals surface area contributed by atoms with Gasteiger partial charge in [0.2, 0.25) is 0 Å². The molecule has 3 N–H and O–H groups in total. The number of carboxylic acids is 2. The van der Waals surface area contributed by atoms with Gasteiger partial charge in [-0.25, -0.2) is 9.59 Å². The molecule has 0 bridgehead atoms. The zero-order valence-electron chi connectivity index (χ0n) is 15.6. The van der Waals surface area contributed by atoms with Crippen molar-refractivity contribution in [3.8, 4) is 11.5 Å². The fourth-order valence-corrected chi connectivity index (χ4v) is 2.05. The van der Waals surface area contributed by atoms with E-state index in [1.165, 1.54) is 0 Å². The van der Waals surface area contributed by atoms with Gasteiger partial charge in [0.15, 0.2) is 0 Å². The second kappa shape index (κ2) is 13.1. The van der Waals surface area contributed by atoms with Crippen molar-refractivity contribution in [2.24, 2.45) is 0 Å². The van der Waals surface area contributed by atoms with Gasteiger partial charge < -0.3 is 29.7 Å². The van der Waals surface area contributed by atoms with E-state index in [4.69, 9.17) is 29.3 Å². The van der Waals surface area contributed by atoms with Crippen LogP contribution in [0.5, 0.6) is 11.5 Å². The number of carboxylic acid groups (broad SMARTS) is 2. The summed E-state index contributed by atoms with van der Waals surface area (Å²) < 4.78 is 11.2. The Morgan fingerprint density at radius 2 is 1.36 bits per heavy atom. The Hall–Kier alpha value is -3.10. The minimum Gasteiger partial charge on any atom is -0.492 e. The molecule has 2 aromatic rings. The van der Waals surface area contributed by atoms with Crippen LogP contribution in [0.3, 0.4) is 0 Å². The summed E-state index contributed by atoms with van der Waals surface area (Å²) in [5.74, 6) is -2.01. The molecule has 152 valence electrons. The Labute approximate surface area is 163 Å². The van der Waals surface area contributed by atoms with E-state index in [-0.39, 0.29) is 6.61 Å². The Balaban J connectivity index is 0.000000568.